The van der Waals surface area contributed by atoms with Crippen LogP contribution in [0.3, 0.4) is 0 Å². The van der Waals surface area contributed by atoms with E-state index in [1.54, 1.807) is 0 Å². The van der Waals surface area contributed by atoms with Crippen molar-refractivity contribution in [2.75, 3.05) is 6.54 Å². The van der Waals surface area contributed by atoms with Gasteiger partial charge < -0.3 is 10.4 Å². The Morgan fingerprint density at radius 2 is 2.39 bits per heavy atom. The molecular formula is C14H25N3O. The molecule has 1 aromatic rings. The number of nitrogens with one attached hydrogen (secondary N) is 1. The van der Waals surface area contributed by atoms with Crippen LogP contribution in [-0.4, -0.2) is 27.5 Å². The van der Waals surface area contributed by atoms with Crippen LogP contribution in [0.5, 0.6) is 0 Å². The second kappa shape index (κ2) is 5.85. The minimum Gasteiger partial charge on any atom is -0.392 e. The molecule has 0 aromatic carbocycles. The van der Waals surface area contributed by atoms with Crippen LogP contribution in [0.1, 0.15) is 50.4 Å². The Hall–Kier alpha value is -0.870. The molecule has 18 heavy (non-hydrogen) atoms. The first-order chi connectivity index (χ1) is 8.63. The maximum Gasteiger partial charge on any atom is 0.0690 e. The molecule has 3 unspecified atom stereocenters. The summed E-state index contributed by atoms with van der Waals surface area (Å²) in [5.74, 6) is 0.356. The molecule has 1 aliphatic carbocycles. The summed E-state index contributed by atoms with van der Waals surface area (Å²) in [6.45, 7) is 4.89. The molecule has 1 heterocycles. The standard InChI is InChI=1S/C14H25N3O/c1-4-10(2)14(18)9-15-12-6-5-7-13-11(12)8-16-17(13)3/h8,10,12,14-15,18H,4-7,9H2,1-3H3. The van der Waals surface area contributed by atoms with Crippen LogP contribution >= 0.6 is 0 Å². The van der Waals surface area contributed by atoms with Crippen LogP contribution in [0.25, 0.3) is 0 Å². The lowest BCUT2D eigenvalue weighted by atomic mass is 9.92. The van der Waals surface area contributed by atoms with Gasteiger partial charge in [0, 0.05) is 30.9 Å². The fraction of sp³-hybridized carbons (Fsp3) is 0.786. The lowest BCUT2D eigenvalue weighted by Crippen LogP contribution is -2.35. The topological polar surface area (TPSA) is 50.1 Å². The SMILES string of the molecule is CCC(C)C(O)CNC1CCCc2c1cnn2C. The molecule has 0 saturated carbocycles. The van der Waals surface area contributed by atoms with Crippen molar-refractivity contribution in [2.24, 2.45) is 13.0 Å². The van der Waals surface area contributed by atoms with E-state index in [0.29, 0.717) is 18.5 Å². The Morgan fingerprint density at radius 3 is 3.11 bits per heavy atom. The summed E-state index contributed by atoms with van der Waals surface area (Å²) in [5.41, 5.74) is 2.66. The molecule has 102 valence electrons. The average Bonchev–Trinajstić information content (AvgIpc) is 2.77. The van der Waals surface area contributed by atoms with Gasteiger partial charge >= 0.3 is 0 Å². The highest BCUT2D eigenvalue weighted by Crippen LogP contribution is 2.29. The first-order valence-electron chi connectivity index (χ1n) is 7.05. The molecule has 2 rings (SSSR count). The van der Waals surface area contributed by atoms with E-state index in [-0.39, 0.29) is 6.10 Å². The highest BCUT2D eigenvalue weighted by molar-refractivity contribution is 5.24. The predicted molar refractivity (Wildman–Crippen MR) is 72.4 cm³/mol. The first-order valence-corrected chi connectivity index (χ1v) is 7.05. The van der Waals surface area contributed by atoms with Crippen molar-refractivity contribution in [1.29, 1.82) is 0 Å². The summed E-state index contributed by atoms with van der Waals surface area (Å²) in [6.07, 6.45) is 6.21. The fourth-order valence-electron chi connectivity index (χ4n) is 2.65. The van der Waals surface area contributed by atoms with Gasteiger partial charge in [-0.1, -0.05) is 20.3 Å². The van der Waals surface area contributed by atoms with Crippen molar-refractivity contribution in [3.8, 4) is 0 Å². The van der Waals surface area contributed by atoms with Crippen molar-refractivity contribution in [3.05, 3.63) is 17.5 Å². The molecule has 0 spiro atoms. The number of aromatic nitrogens is 2. The summed E-state index contributed by atoms with van der Waals surface area (Å²) in [6, 6.07) is 0.362. The third kappa shape index (κ3) is 2.75. The smallest absolute Gasteiger partial charge is 0.0690 e. The fourth-order valence-corrected chi connectivity index (χ4v) is 2.65. The third-order valence-electron chi connectivity index (χ3n) is 4.25. The zero-order valence-electron chi connectivity index (χ0n) is 11.7. The lowest BCUT2D eigenvalue weighted by Gasteiger charge is -2.26. The van der Waals surface area contributed by atoms with E-state index in [1.807, 2.05) is 17.9 Å². The molecule has 0 saturated heterocycles. The first kappa shape index (κ1) is 13.6. The van der Waals surface area contributed by atoms with Crippen LogP contribution < -0.4 is 5.32 Å². The second-order valence-electron chi connectivity index (χ2n) is 5.48. The molecule has 4 heteroatoms. The number of hydrogen-bond donors (Lipinski definition) is 2. The Morgan fingerprint density at radius 1 is 1.61 bits per heavy atom. The van der Waals surface area contributed by atoms with Crippen LogP contribution in [-0.2, 0) is 13.5 Å². The zero-order valence-corrected chi connectivity index (χ0v) is 11.7. The third-order valence-corrected chi connectivity index (χ3v) is 4.25. The maximum atomic E-state index is 10.0. The van der Waals surface area contributed by atoms with Gasteiger partial charge in [0.25, 0.3) is 0 Å². The monoisotopic (exact) mass is 251 g/mol. The molecule has 1 aliphatic rings. The summed E-state index contributed by atoms with van der Waals surface area (Å²) < 4.78 is 1.98. The van der Waals surface area contributed by atoms with Gasteiger partial charge in [-0.15, -0.1) is 0 Å². The summed E-state index contributed by atoms with van der Waals surface area (Å²) >= 11 is 0. The zero-order chi connectivity index (χ0) is 13.1. The van der Waals surface area contributed by atoms with E-state index in [1.165, 1.54) is 17.7 Å². The number of nitrogens with zero attached hydrogens (tertiary/aromatic N) is 2. The van der Waals surface area contributed by atoms with Crippen LogP contribution in [0, 0.1) is 5.92 Å². The molecule has 1 aromatic heterocycles. The van der Waals surface area contributed by atoms with E-state index in [2.05, 4.69) is 24.3 Å². The molecule has 0 amide bonds. The Kier molecular flexibility index (Phi) is 4.40. The lowest BCUT2D eigenvalue weighted by molar-refractivity contribution is 0.108. The van der Waals surface area contributed by atoms with E-state index >= 15 is 0 Å². The van der Waals surface area contributed by atoms with E-state index in [9.17, 15) is 5.11 Å². The summed E-state index contributed by atoms with van der Waals surface area (Å²) in [4.78, 5) is 0. The maximum absolute atomic E-state index is 10.0. The van der Waals surface area contributed by atoms with E-state index < -0.39 is 0 Å². The van der Waals surface area contributed by atoms with Gasteiger partial charge in [0.2, 0.25) is 0 Å². The number of rotatable bonds is 5. The van der Waals surface area contributed by atoms with Gasteiger partial charge in [0.1, 0.15) is 0 Å². The van der Waals surface area contributed by atoms with E-state index in [4.69, 9.17) is 0 Å². The van der Waals surface area contributed by atoms with Crippen molar-refractivity contribution < 1.29 is 5.11 Å². The Balaban J connectivity index is 1.95. The van der Waals surface area contributed by atoms with Crippen molar-refractivity contribution in [3.63, 3.8) is 0 Å². The van der Waals surface area contributed by atoms with Gasteiger partial charge in [0.05, 0.1) is 12.3 Å². The van der Waals surface area contributed by atoms with Crippen molar-refractivity contribution in [1.82, 2.24) is 15.1 Å². The minimum absolute atomic E-state index is 0.253. The molecular weight excluding hydrogens is 226 g/mol. The molecule has 0 radical (unpaired) electrons. The number of aliphatic hydroxyl groups excluding tert-OH is 1. The van der Waals surface area contributed by atoms with Crippen LogP contribution in [0.2, 0.25) is 0 Å². The normalized spacial score (nSPS) is 22.6. The highest BCUT2D eigenvalue weighted by atomic mass is 16.3. The Bertz CT molecular complexity index is 388. The Labute approximate surface area is 109 Å². The van der Waals surface area contributed by atoms with Crippen molar-refractivity contribution >= 4 is 0 Å². The van der Waals surface area contributed by atoms with Crippen LogP contribution in [0.4, 0.5) is 0 Å². The summed E-state index contributed by atoms with van der Waals surface area (Å²) in [7, 11) is 2.01. The van der Waals surface area contributed by atoms with Gasteiger partial charge in [-0.3, -0.25) is 4.68 Å². The molecule has 0 aliphatic heterocycles. The van der Waals surface area contributed by atoms with Gasteiger partial charge in [-0.05, 0) is 25.2 Å². The van der Waals surface area contributed by atoms with Gasteiger partial charge in [0.15, 0.2) is 0 Å². The number of aliphatic hydroxyl groups is 1. The average molecular weight is 251 g/mol. The minimum atomic E-state index is -0.253. The largest absolute Gasteiger partial charge is 0.392 e. The van der Waals surface area contributed by atoms with Crippen LogP contribution in [0.15, 0.2) is 6.20 Å². The number of hydrogen-bond acceptors (Lipinski definition) is 3. The van der Waals surface area contributed by atoms with Gasteiger partial charge in [-0.25, -0.2) is 0 Å². The predicted octanol–water partition coefficient (Wildman–Crippen LogP) is 1.79. The van der Waals surface area contributed by atoms with Gasteiger partial charge in [-0.2, -0.15) is 5.10 Å². The molecule has 4 nitrogen and oxygen atoms in total. The highest BCUT2D eigenvalue weighted by Gasteiger charge is 2.24. The molecule has 0 bridgehead atoms. The van der Waals surface area contributed by atoms with Crippen molar-refractivity contribution in [2.45, 2.75) is 51.7 Å². The molecule has 0 fully saturated rings. The molecule has 2 N–H and O–H groups in total. The van der Waals surface area contributed by atoms with E-state index in [0.717, 1.165) is 19.3 Å². The summed E-state index contributed by atoms with van der Waals surface area (Å²) in [5, 5.41) is 17.9. The molecule has 3 atom stereocenters. The number of fused-ring (bicyclic) bond motifs is 1. The quantitative estimate of drug-likeness (QED) is 0.839. The second-order valence-corrected chi connectivity index (χ2v) is 5.48. The number of aryl methyl sites for hydroxylation is 1.